The van der Waals surface area contributed by atoms with Gasteiger partial charge in [-0.1, -0.05) is 0 Å². The van der Waals surface area contributed by atoms with Crippen molar-refractivity contribution in [1.82, 2.24) is 4.40 Å². The molecule has 0 fully saturated rings. The molecule has 2 aromatic heterocycles. The first-order chi connectivity index (χ1) is 11.9. The number of carboxylic acid groups (broad SMARTS) is 1. The molecule has 0 saturated heterocycles. The number of methoxy groups -OCH3 is 1. The van der Waals surface area contributed by atoms with E-state index in [2.05, 4.69) is 0 Å². The molecule has 6 heteroatoms. The van der Waals surface area contributed by atoms with E-state index in [4.69, 9.17) is 4.74 Å². The van der Waals surface area contributed by atoms with Crippen LogP contribution < -0.4 is 4.74 Å². The summed E-state index contributed by atoms with van der Waals surface area (Å²) in [6, 6.07) is 10.9. The number of carbonyl (C=O) groups excluding carboxylic acids is 2. The lowest BCUT2D eigenvalue weighted by Gasteiger charge is -2.05. The van der Waals surface area contributed by atoms with Crippen LogP contribution in [0.3, 0.4) is 0 Å². The number of nitrogens with zero attached hydrogens (tertiary/aromatic N) is 1. The number of fused-ring (bicyclic) bond motifs is 1. The van der Waals surface area contributed by atoms with Crippen molar-refractivity contribution in [3.63, 3.8) is 0 Å². The number of carboxylic acids is 1. The van der Waals surface area contributed by atoms with Gasteiger partial charge in [0.15, 0.2) is 5.78 Å². The lowest BCUT2D eigenvalue weighted by atomic mass is 10.1. The Morgan fingerprint density at radius 1 is 1.00 bits per heavy atom. The molecule has 0 atom stereocenters. The summed E-state index contributed by atoms with van der Waals surface area (Å²) in [7, 11) is 1.53. The fourth-order valence-corrected chi connectivity index (χ4v) is 2.65. The van der Waals surface area contributed by atoms with E-state index in [1.807, 2.05) is 0 Å². The second-order valence-corrected chi connectivity index (χ2v) is 5.53. The molecule has 25 heavy (non-hydrogen) atoms. The molecule has 126 valence electrons. The quantitative estimate of drug-likeness (QED) is 0.723. The van der Waals surface area contributed by atoms with E-state index in [1.54, 1.807) is 30.3 Å². The number of benzene rings is 1. The zero-order chi connectivity index (χ0) is 18.1. The average Bonchev–Trinajstić information content (AvgIpc) is 3.00. The molecule has 0 amide bonds. The SMILES string of the molecule is COc1ccc(C(=O)c2cc(C(=O)O)c3cc(C(C)=O)ccn23)cc1. The summed E-state index contributed by atoms with van der Waals surface area (Å²) in [6.07, 6.45) is 1.54. The van der Waals surface area contributed by atoms with Crippen molar-refractivity contribution < 1.29 is 24.2 Å². The van der Waals surface area contributed by atoms with Crippen LogP contribution in [0.15, 0.2) is 48.7 Å². The van der Waals surface area contributed by atoms with Gasteiger partial charge < -0.3 is 14.2 Å². The van der Waals surface area contributed by atoms with Crippen molar-refractivity contribution in [3.05, 3.63) is 71.0 Å². The minimum Gasteiger partial charge on any atom is -0.497 e. The predicted molar refractivity (Wildman–Crippen MR) is 90.8 cm³/mol. The summed E-state index contributed by atoms with van der Waals surface area (Å²) >= 11 is 0. The molecule has 1 aromatic carbocycles. The topological polar surface area (TPSA) is 85.1 Å². The molecule has 1 N–H and O–H groups in total. The third-order valence-electron chi connectivity index (χ3n) is 3.99. The van der Waals surface area contributed by atoms with Gasteiger partial charge in [-0.05, 0) is 49.4 Å². The molecule has 0 spiro atoms. The van der Waals surface area contributed by atoms with Crippen LogP contribution in [0, 0.1) is 0 Å². The van der Waals surface area contributed by atoms with Crippen LogP contribution in [0.1, 0.15) is 43.7 Å². The molecule has 2 heterocycles. The van der Waals surface area contributed by atoms with Gasteiger partial charge >= 0.3 is 5.97 Å². The monoisotopic (exact) mass is 337 g/mol. The second-order valence-electron chi connectivity index (χ2n) is 5.53. The fraction of sp³-hybridized carbons (Fsp3) is 0.105. The van der Waals surface area contributed by atoms with E-state index < -0.39 is 5.97 Å². The summed E-state index contributed by atoms with van der Waals surface area (Å²) < 4.78 is 6.56. The number of ether oxygens (including phenoxy) is 1. The predicted octanol–water partition coefficient (Wildman–Crippen LogP) is 3.08. The maximum Gasteiger partial charge on any atom is 0.337 e. The number of Topliss-reactive ketones (excluding diaryl/α,β-unsaturated/α-hetero) is 1. The minimum atomic E-state index is -1.16. The average molecular weight is 337 g/mol. The molecule has 6 nitrogen and oxygen atoms in total. The van der Waals surface area contributed by atoms with Crippen LogP contribution in [0.4, 0.5) is 0 Å². The van der Waals surface area contributed by atoms with Crippen LogP contribution in [0.2, 0.25) is 0 Å². The summed E-state index contributed by atoms with van der Waals surface area (Å²) in [5, 5.41) is 9.42. The summed E-state index contributed by atoms with van der Waals surface area (Å²) in [5.41, 5.74) is 1.29. The van der Waals surface area contributed by atoms with Crippen LogP contribution in [0.25, 0.3) is 5.52 Å². The number of carbonyl (C=O) groups is 3. The Morgan fingerprint density at radius 2 is 1.68 bits per heavy atom. The molecule has 0 aliphatic heterocycles. The number of hydrogen-bond acceptors (Lipinski definition) is 4. The Balaban J connectivity index is 2.16. The van der Waals surface area contributed by atoms with Gasteiger partial charge in [0.2, 0.25) is 5.78 Å². The van der Waals surface area contributed by atoms with Gasteiger partial charge in [-0.15, -0.1) is 0 Å². The molecule has 0 bridgehead atoms. The number of aromatic nitrogens is 1. The first-order valence-corrected chi connectivity index (χ1v) is 7.50. The number of pyridine rings is 1. The second kappa shape index (κ2) is 6.24. The zero-order valence-corrected chi connectivity index (χ0v) is 13.6. The van der Waals surface area contributed by atoms with Crippen LogP contribution >= 0.6 is 0 Å². The molecular weight excluding hydrogens is 322 g/mol. The number of aromatic carboxylic acids is 1. The van der Waals surface area contributed by atoms with Crippen molar-refractivity contribution in [2.45, 2.75) is 6.92 Å². The maximum absolute atomic E-state index is 12.8. The fourth-order valence-electron chi connectivity index (χ4n) is 2.65. The summed E-state index contributed by atoms with van der Waals surface area (Å²) in [5.74, 6) is -1.04. The van der Waals surface area contributed by atoms with Crippen LogP contribution in [-0.2, 0) is 0 Å². The third-order valence-corrected chi connectivity index (χ3v) is 3.99. The zero-order valence-electron chi connectivity index (χ0n) is 13.6. The van der Waals surface area contributed by atoms with Gasteiger partial charge in [0.05, 0.1) is 23.9 Å². The van der Waals surface area contributed by atoms with E-state index in [-0.39, 0.29) is 22.8 Å². The van der Waals surface area contributed by atoms with E-state index >= 15 is 0 Å². The molecule has 0 aliphatic carbocycles. The number of hydrogen-bond donors (Lipinski definition) is 1. The number of ketones is 2. The van der Waals surface area contributed by atoms with Crippen LogP contribution in [0.5, 0.6) is 5.75 Å². The van der Waals surface area contributed by atoms with E-state index in [0.29, 0.717) is 22.4 Å². The summed E-state index contributed by atoms with van der Waals surface area (Å²) in [4.78, 5) is 35.9. The highest BCUT2D eigenvalue weighted by molar-refractivity contribution is 6.11. The Hall–Kier alpha value is -3.41. The van der Waals surface area contributed by atoms with Gasteiger partial charge in [-0.3, -0.25) is 9.59 Å². The first kappa shape index (κ1) is 16.4. The molecule has 0 saturated carbocycles. The normalized spacial score (nSPS) is 10.6. The Morgan fingerprint density at radius 3 is 2.24 bits per heavy atom. The maximum atomic E-state index is 12.8. The summed E-state index contributed by atoms with van der Waals surface area (Å²) in [6.45, 7) is 1.40. The van der Waals surface area contributed by atoms with Crippen molar-refractivity contribution in [2.75, 3.05) is 7.11 Å². The Labute approximate surface area is 143 Å². The van der Waals surface area contributed by atoms with E-state index in [9.17, 15) is 19.5 Å². The smallest absolute Gasteiger partial charge is 0.337 e. The number of rotatable bonds is 5. The van der Waals surface area contributed by atoms with Crippen molar-refractivity contribution >= 4 is 23.1 Å². The van der Waals surface area contributed by atoms with Crippen LogP contribution in [-0.4, -0.2) is 34.2 Å². The van der Waals surface area contributed by atoms with Crippen molar-refractivity contribution in [1.29, 1.82) is 0 Å². The Kier molecular flexibility index (Phi) is 4.10. The van der Waals surface area contributed by atoms with E-state index in [1.165, 1.54) is 36.8 Å². The van der Waals surface area contributed by atoms with Gasteiger partial charge in [0, 0.05) is 17.3 Å². The molecular formula is C19H15NO5. The highest BCUT2D eigenvalue weighted by Crippen LogP contribution is 2.22. The molecule has 0 aliphatic rings. The first-order valence-electron chi connectivity index (χ1n) is 7.50. The van der Waals surface area contributed by atoms with Crippen molar-refractivity contribution in [3.8, 4) is 5.75 Å². The lowest BCUT2D eigenvalue weighted by molar-refractivity contribution is 0.0698. The Bertz CT molecular complexity index is 999. The minimum absolute atomic E-state index is 0.0278. The lowest BCUT2D eigenvalue weighted by Crippen LogP contribution is -2.05. The molecule has 3 rings (SSSR count). The van der Waals surface area contributed by atoms with Gasteiger partial charge in [0.25, 0.3) is 0 Å². The molecule has 0 radical (unpaired) electrons. The van der Waals surface area contributed by atoms with Gasteiger partial charge in [-0.2, -0.15) is 0 Å². The third kappa shape index (κ3) is 2.89. The van der Waals surface area contributed by atoms with Crippen molar-refractivity contribution in [2.24, 2.45) is 0 Å². The largest absolute Gasteiger partial charge is 0.497 e. The highest BCUT2D eigenvalue weighted by Gasteiger charge is 2.21. The van der Waals surface area contributed by atoms with Gasteiger partial charge in [0.1, 0.15) is 5.75 Å². The highest BCUT2D eigenvalue weighted by atomic mass is 16.5. The van der Waals surface area contributed by atoms with Gasteiger partial charge in [-0.25, -0.2) is 4.79 Å². The molecule has 3 aromatic rings. The van der Waals surface area contributed by atoms with E-state index in [0.717, 1.165) is 0 Å². The standard InChI is InChI=1S/C19H15NO5/c1-11(21)13-7-8-20-16(9-13)15(19(23)24)10-17(20)18(22)12-3-5-14(25-2)6-4-12/h3-10H,1-2H3,(H,23,24). The molecule has 0 unspecified atom stereocenters.